The van der Waals surface area contributed by atoms with Gasteiger partial charge in [-0.2, -0.15) is 8.42 Å². The van der Waals surface area contributed by atoms with Crippen LogP contribution in [0, 0.1) is 0 Å². The van der Waals surface area contributed by atoms with Gasteiger partial charge in [0, 0.05) is 0 Å². The first kappa shape index (κ1) is 17.0. The number of nitrogens with zero attached hydrogens (tertiary/aromatic N) is 1. The van der Waals surface area contributed by atoms with Crippen molar-refractivity contribution < 1.29 is 17.5 Å². The molecule has 8 heteroatoms. The second-order valence-electron chi connectivity index (χ2n) is 4.74. The van der Waals surface area contributed by atoms with Crippen LogP contribution in [0.15, 0.2) is 51.5 Å². The summed E-state index contributed by atoms with van der Waals surface area (Å²) < 4.78 is 28.8. The van der Waals surface area contributed by atoms with Crippen LogP contribution < -0.4 is 0 Å². The standard InChI is InChI=1S/C14H13Cl2NO4S/c1-8-9(2)14(18)12(16)11(15)13(8)17-21-22(19,20)10-6-4-3-5-7-10/h3-7,11-12H,1-2H3/b17-13+/t11-,12+/m0/s1. The maximum absolute atomic E-state index is 12.0. The largest absolute Gasteiger partial charge is 0.358 e. The van der Waals surface area contributed by atoms with E-state index in [9.17, 15) is 13.2 Å². The second kappa shape index (κ2) is 6.40. The number of halogens is 2. The summed E-state index contributed by atoms with van der Waals surface area (Å²) in [6, 6.07) is 7.59. The lowest BCUT2D eigenvalue weighted by molar-refractivity contribution is -0.115. The molecule has 0 unspecified atom stereocenters. The molecule has 0 N–H and O–H groups in total. The normalized spacial score (nSPS) is 24.7. The lowest BCUT2D eigenvalue weighted by Gasteiger charge is -2.24. The van der Waals surface area contributed by atoms with Crippen LogP contribution in [0.25, 0.3) is 0 Å². The fraction of sp³-hybridized carbons (Fsp3) is 0.286. The molecule has 2 rings (SSSR count). The highest BCUT2D eigenvalue weighted by atomic mass is 35.5. The molecule has 1 aromatic carbocycles. The van der Waals surface area contributed by atoms with Crippen molar-refractivity contribution in [3.05, 3.63) is 41.5 Å². The van der Waals surface area contributed by atoms with E-state index in [1.165, 1.54) is 12.1 Å². The highest BCUT2D eigenvalue weighted by Gasteiger charge is 2.37. The minimum absolute atomic E-state index is 0.0295. The van der Waals surface area contributed by atoms with Crippen LogP contribution in [-0.2, 0) is 19.2 Å². The SMILES string of the molecule is CC1=C(C)/C(=N\OS(=O)(=O)c2ccccc2)[C@@H](Cl)[C@@H](Cl)C1=O. The Kier molecular flexibility index (Phi) is 4.94. The van der Waals surface area contributed by atoms with Gasteiger partial charge < -0.3 is 0 Å². The summed E-state index contributed by atoms with van der Waals surface area (Å²) in [4.78, 5) is 11.8. The molecule has 0 bridgehead atoms. The Morgan fingerprint density at radius 1 is 1.05 bits per heavy atom. The zero-order valence-electron chi connectivity index (χ0n) is 11.8. The second-order valence-corrected chi connectivity index (χ2v) is 7.21. The Bertz CT molecular complexity index is 756. The quantitative estimate of drug-likeness (QED) is 0.612. The van der Waals surface area contributed by atoms with Gasteiger partial charge >= 0.3 is 10.1 Å². The number of carbonyl (C=O) groups is 1. The van der Waals surface area contributed by atoms with Crippen molar-refractivity contribution in [1.29, 1.82) is 0 Å². The molecule has 0 fully saturated rings. The number of rotatable bonds is 3. The van der Waals surface area contributed by atoms with Gasteiger partial charge in [0.2, 0.25) is 0 Å². The van der Waals surface area contributed by atoms with Gasteiger partial charge in [-0.1, -0.05) is 23.4 Å². The minimum atomic E-state index is -4.05. The molecule has 0 aromatic heterocycles. The average Bonchev–Trinajstić information content (AvgIpc) is 2.52. The lowest BCUT2D eigenvalue weighted by Crippen LogP contribution is -2.38. The van der Waals surface area contributed by atoms with Crippen molar-refractivity contribution in [2.75, 3.05) is 0 Å². The summed E-state index contributed by atoms with van der Waals surface area (Å²) in [5, 5.41) is 1.67. The molecule has 0 saturated heterocycles. The third kappa shape index (κ3) is 3.19. The average molecular weight is 362 g/mol. The smallest absolute Gasteiger partial charge is 0.293 e. The number of hydrogen-bond acceptors (Lipinski definition) is 5. The van der Waals surface area contributed by atoms with Gasteiger partial charge in [-0.25, -0.2) is 0 Å². The van der Waals surface area contributed by atoms with Crippen LogP contribution in [0.4, 0.5) is 0 Å². The molecule has 0 amide bonds. The van der Waals surface area contributed by atoms with E-state index < -0.39 is 20.9 Å². The van der Waals surface area contributed by atoms with E-state index in [1.54, 1.807) is 32.0 Å². The summed E-state index contributed by atoms with van der Waals surface area (Å²) in [6.45, 7) is 3.19. The molecule has 118 valence electrons. The van der Waals surface area contributed by atoms with Crippen LogP contribution in [-0.4, -0.2) is 30.7 Å². The van der Waals surface area contributed by atoms with Gasteiger partial charge in [0.1, 0.15) is 21.4 Å². The summed E-state index contributed by atoms with van der Waals surface area (Å²) in [7, 11) is -4.05. The topological polar surface area (TPSA) is 72.8 Å². The fourth-order valence-corrected chi connectivity index (χ4v) is 3.26. The first-order valence-electron chi connectivity index (χ1n) is 6.32. The Balaban J connectivity index is 2.36. The van der Waals surface area contributed by atoms with Crippen molar-refractivity contribution in [1.82, 2.24) is 0 Å². The monoisotopic (exact) mass is 361 g/mol. The van der Waals surface area contributed by atoms with Crippen LogP contribution in [0.3, 0.4) is 0 Å². The van der Waals surface area contributed by atoms with Crippen molar-refractivity contribution in [3.8, 4) is 0 Å². The molecule has 0 heterocycles. The predicted octanol–water partition coefficient (Wildman–Crippen LogP) is 2.88. The molecule has 0 aliphatic heterocycles. The van der Waals surface area contributed by atoms with Crippen LogP contribution in [0.5, 0.6) is 0 Å². The van der Waals surface area contributed by atoms with Crippen molar-refractivity contribution in [2.45, 2.75) is 29.5 Å². The minimum Gasteiger partial charge on any atom is -0.293 e. The maximum Gasteiger partial charge on any atom is 0.358 e. The van der Waals surface area contributed by atoms with E-state index in [4.69, 9.17) is 27.5 Å². The summed E-state index contributed by atoms with van der Waals surface area (Å²) >= 11 is 12.0. The molecule has 5 nitrogen and oxygen atoms in total. The Morgan fingerprint density at radius 2 is 1.64 bits per heavy atom. The molecule has 1 aliphatic carbocycles. The van der Waals surface area contributed by atoms with Gasteiger partial charge in [0.05, 0.1) is 0 Å². The number of hydrogen-bond donors (Lipinski definition) is 0. The molecular formula is C14H13Cl2NO4S. The number of allylic oxidation sites excluding steroid dienone is 2. The summed E-state index contributed by atoms with van der Waals surface area (Å²) in [5.74, 6) is -0.302. The number of Topliss-reactive ketones (excluding diaryl/α,β-unsaturated/α-hetero) is 1. The number of alkyl halides is 2. The number of carbonyl (C=O) groups excluding carboxylic acids is 1. The zero-order chi connectivity index (χ0) is 16.5. The first-order valence-corrected chi connectivity index (χ1v) is 8.60. The van der Waals surface area contributed by atoms with Gasteiger partial charge in [-0.3, -0.25) is 9.08 Å². The summed E-state index contributed by atoms with van der Waals surface area (Å²) in [5.41, 5.74) is 0.986. The molecule has 1 aromatic rings. The molecule has 0 spiro atoms. The van der Waals surface area contributed by atoms with Gasteiger partial charge in [-0.05, 0) is 37.1 Å². The molecular weight excluding hydrogens is 349 g/mol. The Morgan fingerprint density at radius 3 is 2.23 bits per heavy atom. The third-order valence-corrected chi connectivity index (χ3v) is 5.51. The van der Waals surface area contributed by atoms with E-state index in [1.807, 2.05) is 0 Å². The predicted molar refractivity (Wildman–Crippen MR) is 84.8 cm³/mol. The van der Waals surface area contributed by atoms with Gasteiger partial charge in [0.25, 0.3) is 0 Å². The van der Waals surface area contributed by atoms with Crippen molar-refractivity contribution in [2.24, 2.45) is 5.16 Å². The van der Waals surface area contributed by atoms with E-state index in [0.29, 0.717) is 11.1 Å². The van der Waals surface area contributed by atoms with Crippen molar-refractivity contribution in [3.63, 3.8) is 0 Å². The third-order valence-electron chi connectivity index (χ3n) is 3.35. The van der Waals surface area contributed by atoms with Crippen LogP contribution in [0.1, 0.15) is 13.8 Å². The number of oxime groups is 1. The van der Waals surface area contributed by atoms with Crippen LogP contribution >= 0.6 is 23.2 Å². The molecule has 22 heavy (non-hydrogen) atoms. The lowest BCUT2D eigenvalue weighted by atomic mass is 9.90. The van der Waals surface area contributed by atoms with Crippen LogP contribution in [0.2, 0.25) is 0 Å². The number of benzene rings is 1. The Labute approximate surface area is 138 Å². The molecule has 0 radical (unpaired) electrons. The van der Waals surface area contributed by atoms with E-state index in [2.05, 4.69) is 5.16 Å². The maximum atomic E-state index is 12.0. The van der Waals surface area contributed by atoms with E-state index >= 15 is 0 Å². The summed E-state index contributed by atoms with van der Waals surface area (Å²) in [6.07, 6.45) is 0. The van der Waals surface area contributed by atoms with E-state index in [-0.39, 0.29) is 16.4 Å². The fourth-order valence-electron chi connectivity index (χ4n) is 1.90. The first-order chi connectivity index (χ1) is 10.3. The van der Waals surface area contributed by atoms with Gasteiger partial charge in [0.15, 0.2) is 5.78 Å². The highest BCUT2D eigenvalue weighted by molar-refractivity contribution is 7.86. The van der Waals surface area contributed by atoms with Gasteiger partial charge in [-0.15, -0.1) is 23.2 Å². The van der Waals surface area contributed by atoms with Crippen molar-refractivity contribution >= 4 is 44.8 Å². The Hall–Kier alpha value is -1.37. The highest BCUT2D eigenvalue weighted by Crippen LogP contribution is 2.28. The van der Waals surface area contributed by atoms with E-state index in [0.717, 1.165) is 0 Å². The molecule has 0 saturated carbocycles. The zero-order valence-corrected chi connectivity index (χ0v) is 14.1. The molecule has 1 aliphatic rings. The number of ketones is 1. The molecule has 2 atom stereocenters.